The van der Waals surface area contributed by atoms with E-state index in [-0.39, 0.29) is 12.5 Å². The van der Waals surface area contributed by atoms with E-state index in [2.05, 4.69) is 19.2 Å². The smallest absolute Gasteiger partial charge is 0.317 e. The summed E-state index contributed by atoms with van der Waals surface area (Å²) in [4.78, 5) is 24.7. The number of nitrogens with zero attached hydrogens (tertiary/aromatic N) is 1. The standard InChI is InChI=1S/C16H30N2O3/c1-3-5-13(6-9-15(19)20)10-11-17-16(21)18(12-4-2)14-7-8-14/h13-14H,3-12H2,1-2H3,(H,17,21)(H,19,20). The van der Waals surface area contributed by atoms with Gasteiger partial charge in [-0.15, -0.1) is 0 Å². The van der Waals surface area contributed by atoms with E-state index in [1.165, 1.54) is 0 Å². The maximum absolute atomic E-state index is 12.1. The van der Waals surface area contributed by atoms with Crippen LogP contribution in [0.25, 0.3) is 0 Å². The van der Waals surface area contributed by atoms with Crippen LogP contribution in [0.1, 0.15) is 65.2 Å². The van der Waals surface area contributed by atoms with Gasteiger partial charge in [0.15, 0.2) is 0 Å². The summed E-state index contributed by atoms with van der Waals surface area (Å²) in [5, 5.41) is 11.8. The van der Waals surface area contributed by atoms with E-state index in [0.717, 1.165) is 45.1 Å². The number of hydrogen-bond acceptors (Lipinski definition) is 2. The van der Waals surface area contributed by atoms with Gasteiger partial charge < -0.3 is 15.3 Å². The third kappa shape index (κ3) is 7.34. The third-order valence-corrected chi connectivity index (χ3v) is 4.01. The first kappa shape index (κ1) is 17.8. The molecule has 0 aromatic heterocycles. The average Bonchev–Trinajstić information content (AvgIpc) is 3.26. The second kappa shape index (κ2) is 9.64. The van der Waals surface area contributed by atoms with Gasteiger partial charge in [0.05, 0.1) is 0 Å². The van der Waals surface area contributed by atoms with Crippen LogP contribution in [0.2, 0.25) is 0 Å². The van der Waals surface area contributed by atoms with Crippen LogP contribution in [0.15, 0.2) is 0 Å². The Labute approximate surface area is 128 Å². The van der Waals surface area contributed by atoms with Crippen molar-refractivity contribution in [2.45, 2.75) is 71.3 Å². The lowest BCUT2D eigenvalue weighted by Crippen LogP contribution is -2.42. The molecule has 1 aliphatic rings. The fourth-order valence-electron chi connectivity index (χ4n) is 2.73. The van der Waals surface area contributed by atoms with E-state index in [9.17, 15) is 9.59 Å². The summed E-state index contributed by atoms with van der Waals surface area (Å²) in [7, 11) is 0. The van der Waals surface area contributed by atoms with Gasteiger partial charge in [0.25, 0.3) is 0 Å². The summed E-state index contributed by atoms with van der Waals surface area (Å²) >= 11 is 0. The Morgan fingerprint density at radius 2 is 1.90 bits per heavy atom. The van der Waals surface area contributed by atoms with Gasteiger partial charge in [0.2, 0.25) is 0 Å². The molecule has 1 unspecified atom stereocenters. The van der Waals surface area contributed by atoms with Gasteiger partial charge in [-0.3, -0.25) is 4.79 Å². The predicted molar refractivity (Wildman–Crippen MR) is 83.3 cm³/mol. The number of carboxylic acid groups (broad SMARTS) is 1. The van der Waals surface area contributed by atoms with Crippen molar-refractivity contribution in [2.24, 2.45) is 5.92 Å². The second-order valence-electron chi connectivity index (χ2n) is 6.03. The van der Waals surface area contributed by atoms with Crippen molar-refractivity contribution >= 4 is 12.0 Å². The lowest BCUT2D eigenvalue weighted by Gasteiger charge is -2.23. The number of aliphatic carboxylic acids is 1. The number of urea groups is 1. The monoisotopic (exact) mass is 298 g/mol. The number of carbonyl (C=O) groups is 2. The molecule has 2 amide bonds. The van der Waals surface area contributed by atoms with Gasteiger partial charge in [-0.2, -0.15) is 0 Å². The van der Waals surface area contributed by atoms with E-state index in [4.69, 9.17) is 5.11 Å². The predicted octanol–water partition coefficient (Wildman–Crippen LogP) is 3.24. The highest BCUT2D eigenvalue weighted by Gasteiger charge is 2.31. The van der Waals surface area contributed by atoms with Gasteiger partial charge >= 0.3 is 12.0 Å². The maximum Gasteiger partial charge on any atom is 0.317 e. The topological polar surface area (TPSA) is 69.6 Å². The summed E-state index contributed by atoms with van der Waals surface area (Å²) in [5.74, 6) is -0.338. The Hall–Kier alpha value is -1.26. The molecule has 1 atom stereocenters. The van der Waals surface area contributed by atoms with Crippen molar-refractivity contribution in [1.82, 2.24) is 10.2 Å². The number of rotatable bonds is 11. The molecular formula is C16H30N2O3. The number of nitrogens with one attached hydrogen (secondary N) is 1. The van der Waals surface area contributed by atoms with Gasteiger partial charge in [-0.25, -0.2) is 4.79 Å². The zero-order valence-electron chi connectivity index (χ0n) is 13.4. The minimum atomic E-state index is -0.733. The molecule has 122 valence electrons. The Bertz CT molecular complexity index is 329. The van der Waals surface area contributed by atoms with Crippen molar-refractivity contribution in [3.63, 3.8) is 0 Å². The molecule has 0 heterocycles. The maximum atomic E-state index is 12.1. The Morgan fingerprint density at radius 1 is 1.19 bits per heavy atom. The fourth-order valence-corrected chi connectivity index (χ4v) is 2.73. The summed E-state index contributed by atoms with van der Waals surface area (Å²) < 4.78 is 0. The van der Waals surface area contributed by atoms with Gasteiger partial charge in [0.1, 0.15) is 0 Å². The van der Waals surface area contributed by atoms with Crippen LogP contribution in [-0.4, -0.2) is 41.1 Å². The minimum Gasteiger partial charge on any atom is -0.481 e. The van der Waals surface area contributed by atoms with Gasteiger partial charge in [-0.05, 0) is 38.0 Å². The lowest BCUT2D eigenvalue weighted by molar-refractivity contribution is -0.137. The highest BCUT2D eigenvalue weighted by molar-refractivity contribution is 5.74. The van der Waals surface area contributed by atoms with Gasteiger partial charge in [0, 0.05) is 25.6 Å². The molecule has 2 N–H and O–H groups in total. The van der Waals surface area contributed by atoms with Crippen molar-refractivity contribution in [1.29, 1.82) is 0 Å². The molecule has 0 bridgehead atoms. The molecule has 0 aromatic rings. The number of amides is 2. The van der Waals surface area contributed by atoms with E-state index >= 15 is 0 Å². The van der Waals surface area contributed by atoms with Crippen LogP contribution < -0.4 is 5.32 Å². The first-order valence-electron chi connectivity index (χ1n) is 8.34. The minimum absolute atomic E-state index is 0.0489. The summed E-state index contributed by atoms with van der Waals surface area (Å²) in [6.07, 6.45) is 7.14. The third-order valence-electron chi connectivity index (χ3n) is 4.01. The number of carbonyl (C=O) groups excluding carboxylic acids is 1. The van der Waals surface area contributed by atoms with Crippen molar-refractivity contribution < 1.29 is 14.7 Å². The molecule has 1 fully saturated rings. The molecule has 1 saturated carbocycles. The highest BCUT2D eigenvalue weighted by Crippen LogP contribution is 2.27. The second-order valence-corrected chi connectivity index (χ2v) is 6.03. The van der Waals surface area contributed by atoms with Crippen molar-refractivity contribution in [3.8, 4) is 0 Å². The van der Waals surface area contributed by atoms with Crippen LogP contribution in [0, 0.1) is 5.92 Å². The van der Waals surface area contributed by atoms with Crippen LogP contribution in [0.5, 0.6) is 0 Å². The summed E-state index contributed by atoms with van der Waals surface area (Å²) in [6, 6.07) is 0.497. The summed E-state index contributed by atoms with van der Waals surface area (Å²) in [6.45, 7) is 5.68. The molecule has 1 aliphatic carbocycles. The molecule has 0 radical (unpaired) electrons. The normalized spacial score (nSPS) is 15.5. The van der Waals surface area contributed by atoms with Crippen molar-refractivity contribution in [2.75, 3.05) is 13.1 Å². The summed E-state index contributed by atoms with van der Waals surface area (Å²) in [5.41, 5.74) is 0. The zero-order chi connectivity index (χ0) is 15.7. The lowest BCUT2D eigenvalue weighted by atomic mass is 9.94. The van der Waals surface area contributed by atoms with E-state index in [1.807, 2.05) is 4.90 Å². The zero-order valence-corrected chi connectivity index (χ0v) is 13.4. The molecule has 0 spiro atoms. The fraction of sp³-hybridized carbons (Fsp3) is 0.875. The molecule has 5 nitrogen and oxygen atoms in total. The first-order valence-corrected chi connectivity index (χ1v) is 8.34. The van der Waals surface area contributed by atoms with Crippen LogP contribution in [0.3, 0.4) is 0 Å². The first-order chi connectivity index (χ1) is 10.1. The molecule has 0 aromatic carbocycles. The molecule has 0 aliphatic heterocycles. The highest BCUT2D eigenvalue weighted by atomic mass is 16.4. The SMILES string of the molecule is CCCC(CCNC(=O)N(CCC)C1CC1)CCC(=O)O. The average molecular weight is 298 g/mol. The molecule has 1 rings (SSSR count). The van der Waals surface area contributed by atoms with Crippen molar-refractivity contribution in [3.05, 3.63) is 0 Å². The Morgan fingerprint density at radius 3 is 2.43 bits per heavy atom. The largest absolute Gasteiger partial charge is 0.481 e. The van der Waals surface area contributed by atoms with Crippen LogP contribution >= 0.6 is 0 Å². The number of hydrogen-bond donors (Lipinski definition) is 2. The Balaban J connectivity index is 2.27. The van der Waals surface area contributed by atoms with Crippen LogP contribution in [0.4, 0.5) is 4.79 Å². The van der Waals surface area contributed by atoms with Gasteiger partial charge in [-0.1, -0.05) is 26.7 Å². The number of carboxylic acids is 1. The van der Waals surface area contributed by atoms with E-state index in [1.54, 1.807) is 0 Å². The molecular weight excluding hydrogens is 268 g/mol. The van der Waals surface area contributed by atoms with E-state index < -0.39 is 5.97 Å². The molecule has 5 heteroatoms. The quantitative estimate of drug-likeness (QED) is 0.615. The molecule has 21 heavy (non-hydrogen) atoms. The Kier molecular flexibility index (Phi) is 8.16. The molecule has 0 saturated heterocycles. The van der Waals surface area contributed by atoms with Crippen LogP contribution in [-0.2, 0) is 4.79 Å². The van der Waals surface area contributed by atoms with E-state index in [0.29, 0.717) is 24.9 Å².